The van der Waals surface area contributed by atoms with Gasteiger partial charge >= 0.3 is 0 Å². The molecule has 1 aromatic heterocycles. The lowest BCUT2D eigenvalue weighted by molar-refractivity contribution is -0.131. The zero-order valence-electron chi connectivity index (χ0n) is 14.4. The Hall–Kier alpha value is -1.56. The van der Waals surface area contributed by atoms with Crippen molar-refractivity contribution >= 4 is 50.8 Å². The van der Waals surface area contributed by atoms with Gasteiger partial charge in [0.05, 0.1) is 26.5 Å². The van der Waals surface area contributed by atoms with Gasteiger partial charge in [-0.15, -0.1) is 23.1 Å². The summed E-state index contributed by atoms with van der Waals surface area (Å²) in [6.45, 7) is 2.76. The molecule has 3 nitrogen and oxygen atoms in total. The number of thiazole rings is 1. The molecule has 0 spiro atoms. The molecule has 1 aliphatic rings. The van der Waals surface area contributed by atoms with Gasteiger partial charge in [0.1, 0.15) is 5.01 Å². The number of hydrogen-bond acceptors (Lipinski definition) is 4. The molecular weight excluding hydrogens is 384 g/mol. The van der Waals surface area contributed by atoms with Crippen LogP contribution in [0.1, 0.15) is 30.8 Å². The van der Waals surface area contributed by atoms with E-state index < -0.39 is 0 Å². The first kappa shape index (κ1) is 17.8. The van der Waals surface area contributed by atoms with Crippen LogP contribution in [0.3, 0.4) is 0 Å². The first-order chi connectivity index (χ1) is 12.6. The second-order valence-corrected chi connectivity index (χ2v) is 9.25. The number of rotatable bonds is 4. The molecule has 2 atom stereocenters. The number of aromatic nitrogens is 1. The Bertz CT molecular complexity index is 909. The van der Waals surface area contributed by atoms with Crippen molar-refractivity contribution < 1.29 is 4.79 Å². The number of para-hydroxylation sites is 1. The van der Waals surface area contributed by atoms with Crippen LogP contribution in [0.4, 0.5) is 0 Å². The molecule has 1 amide bonds. The normalized spacial score (nSPS) is 18.4. The summed E-state index contributed by atoms with van der Waals surface area (Å²) in [5, 5.41) is 1.57. The number of nitrogens with zero attached hydrogens (tertiary/aromatic N) is 2. The van der Waals surface area contributed by atoms with Gasteiger partial charge in [-0.3, -0.25) is 4.79 Å². The van der Waals surface area contributed by atoms with Crippen LogP contribution in [0.2, 0.25) is 5.02 Å². The molecule has 6 heteroatoms. The zero-order valence-corrected chi connectivity index (χ0v) is 16.8. The van der Waals surface area contributed by atoms with Crippen molar-refractivity contribution in [2.45, 2.75) is 36.0 Å². The fourth-order valence-corrected chi connectivity index (χ4v) is 5.67. The molecule has 0 aliphatic carbocycles. The summed E-state index contributed by atoms with van der Waals surface area (Å²) >= 11 is 9.48. The summed E-state index contributed by atoms with van der Waals surface area (Å²) in [5.41, 5.74) is 1.02. The van der Waals surface area contributed by atoms with E-state index in [1.54, 1.807) is 11.3 Å². The Morgan fingerprint density at radius 1 is 1.27 bits per heavy atom. The molecular formula is C20H19ClN2OS2. The van der Waals surface area contributed by atoms with Gasteiger partial charge in [-0.25, -0.2) is 4.98 Å². The maximum absolute atomic E-state index is 13.1. The molecule has 1 saturated heterocycles. The second kappa shape index (κ2) is 7.59. The van der Waals surface area contributed by atoms with E-state index in [1.807, 2.05) is 54.3 Å². The lowest BCUT2D eigenvalue weighted by Crippen LogP contribution is -2.36. The fraction of sp³-hybridized carbons (Fsp3) is 0.300. The Balaban J connectivity index is 1.53. The van der Waals surface area contributed by atoms with E-state index in [2.05, 4.69) is 6.07 Å². The molecule has 2 aromatic carbocycles. The topological polar surface area (TPSA) is 33.2 Å². The average molecular weight is 403 g/mol. The number of halogens is 1. The van der Waals surface area contributed by atoms with Gasteiger partial charge < -0.3 is 4.90 Å². The van der Waals surface area contributed by atoms with Gasteiger partial charge in [0.25, 0.3) is 0 Å². The lowest BCUT2D eigenvalue weighted by atomic mass is 10.2. The standard InChI is InChI=1S/C20H19ClN2OS2/c1-13(25-17-10-4-2-7-14(17)21)20(24)23-12-6-9-16(23)19-22-15-8-3-5-11-18(15)26-19/h2-5,7-8,10-11,13,16H,6,9,12H2,1H3. The summed E-state index contributed by atoms with van der Waals surface area (Å²) in [7, 11) is 0. The van der Waals surface area contributed by atoms with Crippen LogP contribution >= 0.6 is 34.7 Å². The minimum Gasteiger partial charge on any atom is -0.332 e. The average Bonchev–Trinajstić information content (AvgIpc) is 3.29. The van der Waals surface area contributed by atoms with Crippen molar-refractivity contribution in [3.63, 3.8) is 0 Å². The van der Waals surface area contributed by atoms with E-state index in [0.717, 1.165) is 34.8 Å². The van der Waals surface area contributed by atoms with Gasteiger partial charge in [-0.1, -0.05) is 35.9 Å². The number of likely N-dealkylation sites (tertiary alicyclic amines) is 1. The maximum Gasteiger partial charge on any atom is 0.236 e. The molecule has 0 radical (unpaired) electrons. The van der Waals surface area contributed by atoms with Crippen molar-refractivity contribution in [2.24, 2.45) is 0 Å². The van der Waals surface area contributed by atoms with Gasteiger partial charge in [0.15, 0.2) is 0 Å². The van der Waals surface area contributed by atoms with Crippen molar-refractivity contribution in [1.29, 1.82) is 0 Å². The van der Waals surface area contributed by atoms with Gasteiger partial charge in [-0.05, 0) is 44.0 Å². The molecule has 1 aliphatic heterocycles. The number of thioether (sulfide) groups is 1. The highest BCUT2D eigenvalue weighted by Gasteiger charge is 2.34. The lowest BCUT2D eigenvalue weighted by Gasteiger charge is -2.26. The third-order valence-corrected chi connectivity index (χ3v) is 7.36. The predicted octanol–water partition coefficient (Wildman–Crippen LogP) is 5.79. The van der Waals surface area contributed by atoms with E-state index in [9.17, 15) is 4.79 Å². The number of carbonyl (C=O) groups excluding carboxylic acids is 1. The van der Waals surface area contributed by atoms with Crippen molar-refractivity contribution in [3.8, 4) is 0 Å². The molecule has 2 unspecified atom stereocenters. The zero-order chi connectivity index (χ0) is 18.1. The van der Waals surface area contributed by atoms with Gasteiger partial charge in [0, 0.05) is 11.4 Å². The molecule has 3 aromatic rings. The van der Waals surface area contributed by atoms with Crippen molar-refractivity contribution in [1.82, 2.24) is 9.88 Å². The van der Waals surface area contributed by atoms with Crippen LogP contribution < -0.4 is 0 Å². The summed E-state index contributed by atoms with van der Waals surface area (Å²) in [5.74, 6) is 0.164. The Labute approximate surface area is 166 Å². The van der Waals surface area contributed by atoms with Crippen LogP contribution in [0, 0.1) is 0 Å². The van der Waals surface area contributed by atoms with Gasteiger partial charge in [-0.2, -0.15) is 0 Å². The van der Waals surface area contributed by atoms with Gasteiger partial charge in [0.2, 0.25) is 5.91 Å². The van der Waals surface area contributed by atoms with E-state index in [1.165, 1.54) is 16.5 Å². The second-order valence-electron chi connectivity index (χ2n) is 6.40. The third kappa shape index (κ3) is 3.48. The number of fused-ring (bicyclic) bond motifs is 1. The minimum absolute atomic E-state index is 0.0918. The molecule has 0 saturated carbocycles. The van der Waals surface area contributed by atoms with Crippen LogP contribution in [0.25, 0.3) is 10.2 Å². The molecule has 2 heterocycles. The Morgan fingerprint density at radius 2 is 2.04 bits per heavy atom. The summed E-state index contributed by atoms with van der Waals surface area (Å²) in [6, 6.07) is 15.9. The highest BCUT2D eigenvalue weighted by molar-refractivity contribution is 8.00. The van der Waals surface area contributed by atoms with Crippen molar-refractivity contribution in [3.05, 3.63) is 58.6 Å². The molecule has 26 heavy (non-hydrogen) atoms. The summed E-state index contributed by atoms with van der Waals surface area (Å²) in [6.07, 6.45) is 2.00. The molecule has 1 fully saturated rings. The molecule has 134 valence electrons. The first-order valence-electron chi connectivity index (χ1n) is 8.70. The molecule has 0 bridgehead atoms. The highest BCUT2D eigenvalue weighted by Crippen LogP contribution is 2.38. The molecule has 0 N–H and O–H groups in total. The van der Waals surface area contributed by atoms with E-state index in [4.69, 9.17) is 16.6 Å². The SMILES string of the molecule is CC(Sc1ccccc1Cl)C(=O)N1CCCC1c1nc2ccccc2s1. The number of carbonyl (C=O) groups is 1. The maximum atomic E-state index is 13.1. The Morgan fingerprint density at radius 3 is 2.85 bits per heavy atom. The van der Waals surface area contributed by atoms with Crippen molar-refractivity contribution in [2.75, 3.05) is 6.54 Å². The van der Waals surface area contributed by atoms with E-state index in [0.29, 0.717) is 5.02 Å². The number of amides is 1. The third-order valence-electron chi connectivity index (χ3n) is 4.62. The molecule has 4 rings (SSSR count). The van der Waals surface area contributed by atoms with E-state index >= 15 is 0 Å². The summed E-state index contributed by atoms with van der Waals surface area (Å²) < 4.78 is 1.18. The minimum atomic E-state index is -0.176. The monoisotopic (exact) mass is 402 g/mol. The fourth-order valence-electron chi connectivity index (χ4n) is 3.33. The smallest absolute Gasteiger partial charge is 0.236 e. The summed E-state index contributed by atoms with van der Waals surface area (Å²) in [4.78, 5) is 20.8. The van der Waals surface area contributed by atoms with Crippen LogP contribution in [0.15, 0.2) is 53.4 Å². The largest absolute Gasteiger partial charge is 0.332 e. The number of benzene rings is 2. The first-order valence-corrected chi connectivity index (χ1v) is 10.8. The predicted molar refractivity (Wildman–Crippen MR) is 110 cm³/mol. The van der Waals surface area contributed by atoms with Crippen LogP contribution in [0.5, 0.6) is 0 Å². The van der Waals surface area contributed by atoms with E-state index in [-0.39, 0.29) is 17.2 Å². The van der Waals surface area contributed by atoms with Crippen LogP contribution in [-0.4, -0.2) is 27.6 Å². The number of hydrogen-bond donors (Lipinski definition) is 0. The quantitative estimate of drug-likeness (QED) is 0.517. The van der Waals surface area contributed by atoms with Crippen LogP contribution in [-0.2, 0) is 4.79 Å². The highest BCUT2D eigenvalue weighted by atomic mass is 35.5. The Kier molecular flexibility index (Phi) is 5.20.